The number of ether oxygens (including phenoxy) is 1. The van der Waals surface area contributed by atoms with Crippen LogP contribution in [0.5, 0.6) is 5.75 Å². The van der Waals surface area contributed by atoms with Crippen LogP contribution < -0.4 is 4.74 Å². The maximum Gasteiger partial charge on any atom is 0.192 e. The van der Waals surface area contributed by atoms with Gasteiger partial charge in [0.2, 0.25) is 0 Å². The van der Waals surface area contributed by atoms with Gasteiger partial charge in [0.1, 0.15) is 11.5 Å². The summed E-state index contributed by atoms with van der Waals surface area (Å²) in [5, 5.41) is 12.7. The molecule has 0 aliphatic carbocycles. The van der Waals surface area contributed by atoms with Crippen LogP contribution in [0.15, 0.2) is 18.2 Å². The number of hydrogen-bond donors (Lipinski definition) is 0. The Morgan fingerprint density at radius 1 is 1.07 bits per heavy atom. The molecule has 9 heteroatoms. The maximum atomic E-state index is 14.0. The van der Waals surface area contributed by atoms with Crippen LogP contribution in [-0.2, 0) is 19.2 Å². The second-order valence-corrected chi connectivity index (χ2v) is 6.70. The van der Waals surface area contributed by atoms with Crippen LogP contribution in [0.3, 0.4) is 0 Å². The summed E-state index contributed by atoms with van der Waals surface area (Å²) in [6, 6.07) is 3.02. The summed E-state index contributed by atoms with van der Waals surface area (Å²) in [6.45, 7) is 7.69. The van der Waals surface area contributed by atoms with Gasteiger partial charge in [0, 0.05) is 25.7 Å². The van der Waals surface area contributed by atoms with E-state index >= 15 is 0 Å². The standard InChI is InChI=1S/C18H20F3N5O/c1-6-26-14(7-10(2)24-26)16-22-23-17(25(16)5)18(3,4)27-15-12(20)8-11(19)9-13(15)21/h7-9H,6H2,1-5H3. The zero-order valence-corrected chi connectivity index (χ0v) is 15.7. The Balaban J connectivity index is 2.00. The molecule has 2 aromatic heterocycles. The lowest BCUT2D eigenvalue weighted by molar-refractivity contribution is 0.0833. The van der Waals surface area contributed by atoms with Crippen molar-refractivity contribution in [3.63, 3.8) is 0 Å². The summed E-state index contributed by atoms with van der Waals surface area (Å²) in [5.41, 5.74) is 0.375. The molecule has 3 aromatic rings. The number of halogens is 3. The summed E-state index contributed by atoms with van der Waals surface area (Å²) < 4.78 is 50.1. The molecule has 144 valence electrons. The first kappa shape index (κ1) is 18.9. The predicted octanol–water partition coefficient (Wildman–Crippen LogP) is 3.74. The fourth-order valence-corrected chi connectivity index (χ4v) is 2.97. The molecule has 6 nitrogen and oxygen atoms in total. The molecular weight excluding hydrogens is 359 g/mol. The molecular formula is C18H20F3N5O. The third-order valence-electron chi connectivity index (χ3n) is 4.16. The Morgan fingerprint density at radius 2 is 1.70 bits per heavy atom. The molecule has 0 aliphatic heterocycles. The highest BCUT2D eigenvalue weighted by Crippen LogP contribution is 2.32. The molecule has 0 radical (unpaired) electrons. The predicted molar refractivity (Wildman–Crippen MR) is 92.6 cm³/mol. The number of aryl methyl sites for hydroxylation is 2. The van der Waals surface area contributed by atoms with Gasteiger partial charge in [0.25, 0.3) is 0 Å². The molecule has 0 unspecified atom stereocenters. The Morgan fingerprint density at radius 3 is 2.30 bits per heavy atom. The molecule has 0 fully saturated rings. The second-order valence-electron chi connectivity index (χ2n) is 6.70. The lowest BCUT2D eigenvalue weighted by Crippen LogP contribution is -2.30. The van der Waals surface area contributed by atoms with E-state index in [1.165, 1.54) is 0 Å². The van der Waals surface area contributed by atoms with Crippen LogP contribution in [0.4, 0.5) is 13.2 Å². The molecule has 0 amide bonds. The van der Waals surface area contributed by atoms with E-state index in [1.807, 2.05) is 19.9 Å². The number of hydrogen-bond acceptors (Lipinski definition) is 4. The molecule has 27 heavy (non-hydrogen) atoms. The lowest BCUT2D eigenvalue weighted by Gasteiger charge is -2.26. The Hall–Kier alpha value is -2.84. The smallest absolute Gasteiger partial charge is 0.192 e. The molecule has 1 aromatic carbocycles. The van der Waals surface area contributed by atoms with Crippen LogP contribution in [0.25, 0.3) is 11.5 Å². The van der Waals surface area contributed by atoms with Crippen LogP contribution in [0.2, 0.25) is 0 Å². The van der Waals surface area contributed by atoms with E-state index in [0.717, 1.165) is 11.4 Å². The molecule has 2 heterocycles. The van der Waals surface area contributed by atoms with Crippen LogP contribution in [0.1, 0.15) is 32.3 Å². The van der Waals surface area contributed by atoms with Gasteiger partial charge in [-0.3, -0.25) is 4.68 Å². The first-order chi connectivity index (χ1) is 12.6. The fourth-order valence-electron chi connectivity index (χ4n) is 2.97. The molecule has 0 aliphatic rings. The zero-order valence-electron chi connectivity index (χ0n) is 15.7. The van der Waals surface area contributed by atoms with Crippen molar-refractivity contribution in [1.82, 2.24) is 24.5 Å². The van der Waals surface area contributed by atoms with Gasteiger partial charge in [0.15, 0.2) is 34.6 Å². The Bertz CT molecular complexity index is 970. The van der Waals surface area contributed by atoms with Crippen molar-refractivity contribution in [3.8, 4) is 17.3 Å². The molecule has 0 N–H and O–H groups in total. The van der Waals surface area contributed by atoms with Gasteiger partial charge in [-0.2, -0.15) is 5.10 Å². The minimum absolute atomic E-state index is 0.349. The summed E-state index contributed by atoms with van der Waals surface area (Å²) in [7, 11) is 1.73. The third kappa shape index (κ3) is 3.41. The van der Waals surface area contributed by atoms with Crippen molar-refractivity contribution in [1.29, 1.82) is 0 Å². The van der Waals surface area contributed by atoms with E-state index in [9.17, 15) is 13.2 Å². The fraction of sp³-hybridized carbons (Fsp3) is 0.389. The van der Waals surface area contributed by atoms with E-state index in [0.29, 0.717) is 30.3 Å². The van der Waals surface area contributed by atoms with Crippen molar-refractivity contribution in [2.24, 2.45) is 7.05 Å². The van der Waals surface area contributed by atoms with Crippen molar-refractivity contribution in [2.45, 2.75) is 39.8 Å². The second kappa shape index (κ2) is 6.71. The van der Waals surface area contributed by atoms with Crippen LogP contribution in [-0.4, -0.2) is 24.5 Å². The van der Waals surface area contributed by atoms with E-state index in [4.69, 9.17) is 4.74 Å². The lowest BCUT2D eigenvalue weighted by atomic mass is 10.1. The van der Waals surface area contributed by atoms with Gasteiger partial charge in [-0.05, 0) is 33.8 Å². The average molecular weight is 379 g/mol. The minimum atomic E-state index is -1.23. The monoisotopic (exact) mass is 379 g/mol. The molecule has 0 bridgehead atoms. The summed E-state index contributed by atoms with van der Waals surface area (Å²) >= 11 is 0. The molecule has 0 saturated heterocycles. The largest absolute Gasteiger partial charge is 0.474 e. The van der Waals surface area contributed by atoms with Gasteiger partial charge in [-0.1, -0.05) is 0 Å². The summed E-state index contributed by atoms with van der Waals surface area (Å²) in [5.74, 6) is -3.03. The van der Waals surface area contributed by atoms with Crippen LogP contribution >= 0.6 is 0 Å². The topological polar surface area (TPSA) is 57.8 Å². The zero-order chi connectivity index (χ0) is 19.9. The highest BCUT2D eigenvalue weighted by Gasteiger charge is 2.33. The van der Waals surface area contributed by atoms with Crippen molar-refractivity contribution >= 4 is 0 Å². The quantitative estimate of drug-likeness (QED) is 0.678. The number of nitrogens with zero attached hydrogens (tertiary/aromatic N) is 5. The van der Waals surface area contributed by atoms with E-state index in [-0.39, 0.29) is 0 Å². The highest BCUT2D eigenvalue weighted by molar-refractivity contribution is 5.51. The van der Waals surface area contributed by atoms with E-state index in [2.05, 4.69) is 15.3 Å². The van der Waals surface area contributed by atoms with Crippen molar-refractivity contribution in [3.05, 3.63) is 47.2 Å². The number of rotatable bonds is 5. The van der Waals surface area contributed by atoms with Crippen LogP contribution in [0, 0.1) is 24.4 Å². The van der Waals surface area contributed by atoms with Crippen molar-refractivity contribution in [2.75, 3.05) is 0 Å². The first-order valence-electron chi connectivity index (χ1n) is 8.42. The molecule has 0 spiro atoms. The van der Waals surface area contributed by atoms with Gasteiger partial charge in [-0.25, -0.2) is 13.2 Å². The first-order valence-corrected chi connectivity index (χ1v) is 8.42. The summed E-state index contributed by atoms with van der Waals surface area (Å²) in [6.07, 6.45) is 0. The van der Waals surface area contributed by atoms with E-state index in [1.54, 1.807) is 30.1 Å². The average Bonchev–Trinajstić information content (AvgIpc) is 3.13. The SMILES string of the molecule is CCn1nc(C)cc1-c1nnc(C(C)(C)Oc2c(F)cc(F)cc2F)n1C. The number of benzene rings is 1. The molecule has 0 atom stereocenters. The van der Waals surface area contributed by atoms with Gasteiger partial charge >= 0.3 is 0 Å². The Labute approximate surface area is 154 Å². The van der Waals surface area contributed by atoms with Gasteiger partial charge in [-0.15, -0.1) is 10.2 Å². The Kier molecular flexibility index (Phi) is 4.71. The normalized spacial score (nSPS) is 11.9. The van der Waals surface area contributed by atoms with Gasteiger partial charge in [0.05, 0.1) is 5.69 Å². The maximum absolute atomic E-state index is 14.0. The minimum Gasteiger partial charge on any atom is -0.474 e. The summed E-state index contributed by atoms with van der Waals surface area (Å²) in [4.78, 5) is 0. The highest BCUT2D eigenvalue weighted by atomic mass is 19.1. The van der Waals surface area contributed by atoms with Gasteiger partial charge < -0.3 is 9.30 Å². The number of aromatic nitrogens is 5. The third-order valence-corrected chi connectivity index (χ3v) is 4.16. The molecule has 0 saturated carbocycles. The molecule has 3 rings (SSSR count). The van der Waals surface area contributed by atoms with E-state index < -0.39 is 28.8 Å². The van der Waals surface area contributed by atoms with Crippen molar-refractivity contribution < 1.29 is 17.9 Å².